The van der Waals surface area contributed by atoms with Crippen LogP contribution in [0, 0.1) is 0 Å². The Morgan fingerprint density at radius 2 is 0.857 bits per heavy atom. The second-order valence-corrected chi connectivity index (χ2v) is 7.14. The number of hydrogen-bond acceptors (Lipinski definition) is 11. The minimum atomic E-state index is -1.05. The molecule has 0 radical (unpaired) electrons. The molecule has 1 atom stereocenters. The van der Waals surface area contributed by atoms with Gasteiger partial charge in [-0.25, -0.2) is 4.79 Å². The van der Waals surface area contributed by atoms with Gasteiger partial charge in [0.15, 0.2) is 6.10 Å². The maximum Gasteiger partial charge on any atom is 0.335 e. The van der Waals surface area contributed by atoms with Gasteiger partial charge in [-0.15, -0.1) is 0 Å². The molecule has 0 saturated heterocycles. The Morgan fingerprint density at radius 3 is 1.26 bits per heavy atom. The number of carbonyl (C=O) groups is 1. The van der Waals surface area contributed by atoms with Gasteiger partial charge in [-0.2, -0.15) is 0 Å². The summed E-state index contributed by atoms with van der Waals surface area (Å²) in [4.78, 5) is 11.3. The largest absolute Gasteiger partial charge is 0.479 e. The van der Waals surface area contributed by atoms with E-state index in [1.165, 1.54) is 0 Å². The van der Waals surface area contributed by atoms with Gasteiger partial charge in [0, 0.05) is 34.0 Å². The highest BCUT2D eigenvalue weighted by atomic mass is 16.6. The first-order valence-corrected chi connectivity index (χ1v) is 12.1. The van der Waals surface area contributed by atoms with E-state index in [2.05, 4.69) is 0 Å². The lowest BCUT2D eigenvalue weighted by atomic mass is 10.3. The summed E-state index contributed by atoms with van der Waals surface area (Å²) in [6.07, 6.45) is 0.234. The predicted molar refractivity (Wildman–Crippen MR) is 126 cm³/mol. The van der Waals surface area contributed by atoms with Gasteiger partial charge >= 0.3 is 5.97 Å². The molecule has 0 fully saturated rings. The van der Waals surface area contributed by atoms with Crippen LogP contribution in [0.1, 0.15) is 12.8 Å². The second-order valence-electron chi connectivity index (χ2n) is 7.14. The molecule has 0 aromatic heterocycles. The normalized spacial score (nSPS) is 12.3. The molecule has 12 heteroatoms. The summed E-state index contributed by atoms with van der Waals surface area (Å²) in [6, 6.07) is 0. The lowest BCUT2D eigenvalue weighted by Gasteiger charge is -2.14. The number of aliphatic carboxylic acids is 1. The first-order chi connectivity index (χ1) is 17.2. The highest BCUT2D eigenvalue weighted by Gasteiger charge is 2.17. The van der Waals surface area contributed by atoms with Crippen LogP contribution in [0.3, 0.4) is 0 Å². The fraction of sp³-hybridized carbons (Fsp3) is 0.957. The van der Waals surface area contributed by atoms with E-state index in [1.54, 1.807) is 14.2 Å². The topological polar surface area (TPSA) is 130 Å². The number of methoxy groups -OCH3 is 2. The SMILES string of the molecule is COCCOCCOCCOCCCOCC(OCCCOCCOCCOCCOC)C(=O)O. The molecular weight excluding hydrogens is 468 g/mol. The van der Waals surface area contributed by atoms with Crippen molar-refractivity contribution in [1.29, 1.82) is 0 Å². The van der Waals surface area contributed by atoms with Gasteiger partial charge in [0.05, 0.1) is 92.5 Å². The van der Waals surface area contributed by atoms with Crippen molar-refractivity contribution in [3.63, 3.8) is 0 Å². The van der Waals surface area contributed by atoms with E-state index in [-0.39, 0.29) is 13.2 Å². The number of carboxylic acids is 1. The third-order valence-corrected chi connectivity index (χ3v) is 4.23. The van der Waals surface area contributed by atoms with E-state index < -0.39 is 12.1 Å². The van der Waals surface area contributed by atoms with Gasteiger partial charge in [-0.1, -0.05) is 0 Å². The Labute approximate surface area is 209 Å². The molecule has 0 spiro atoms. The Bertz CT molecular complexity index is 427. The fourth-order valence-electron chi connectivity index (χ4n) is 2.40. The van der Waals surface area contributed by atoms with Crippen molar-refractivity contribution < 1.29 is 57.3 Å². The molecule has 1 N–H and O–H groups in total. The molecule has 0 aliphatic rings. The highest BCUT2D eigenvalue weighted by Crippen LogP contribution is 1.98. The zero-order valence-corrected chi connectivity index (χ0v) is 21.5. The molecule has 0 heterocycles. The summed E-state index contributed by atoms with van der Waals surface area (Å²) in [6.45, 7) is 7.84. The van der Waals surface area contributed by atoms with Gasteiger partial charge in [-0.3, -0.25) is 0 Å². The summed E-state index contributed by atoms with van der Waals surface area (Å²) in [5.41, 5.74) is 0. The summed E-state index contributed by atoms with van der Waals surface area (Å²) in [7, 11) is 3.25. The maximum atomic E-state index is 11.3. The quantitative estimate of drug-likeness (QED) is 0.135. The van der Waals surface area contributed by atoms with Crippen LogP contribution in [0.5, 0.6) is 0 Å². The summed E-state index contributed by atoms with van der Waals surface area (Å²) in [5, 5.41) is 9.24. The van der Waals surface area contributed by atoms with E-state index in [0.717, 1.165) is 0 Å². The van der Waals surface area contributed by atoms with Crippen LogP contribution >= 0.6 is 0 Å². The highest BCUT2D eigenvalue weighted by molar-refractivity contribution is 5.72. The average molecular weight is 515 g/mol. The summed E-state index contributed by atoms with van der Waals surface area (Å²) in [5.74, 6) is -1.05. The predicted octanol–water partition coefficient (Wildman–Crippen LogP) is 0.645. The van der Waals surface area contributed by atoms with Crippen molar-refractivity contribution >= 4 is 5.97 Å². The molecule has 1 unspecified atom stereocenters. The van der Waals surface area contributed by atoms with E-state index in [0.29, 0.717) is 112 Å². The van der Waals surface area contributed by atoms with Crippen LogP contribution in [-0.2, 0) is 52.2 Å². The van der Waals surface area contributed by atoms with Gasteiger partial charge in [0.2, 0.25) is 0 Å². The molecular formula is C23H46O12. The van der Waals surface area contributed by atoms with Gasteiger partial charge < -0.3 is 52.5 Å². The van der Waals surface area contributed by atoms with Crippen molar-refractivity contribution in [3.05, 3.63) is 0 Å². The van der Waals surface area contributed by atoms with Crippen LogP contribution in [0.25, 0.3) is 0 Å². The standard InChI is InChI=1S/C23H46O12/c1-26-9-11-30-17-19-32-15-13-28-5-3-7-34-21-22(23(24)25)35-8-4-6-29-14-16-33-20-18-31-12-10-27-2/h22H,3-21H2,1-2H3,(H,24,25). The first-order valence-electron chi connectivity index (χ1n) is 12.1. The van der Waals surface area contributed by atoms with Crippen molar-refractivity contribution in [2.24, 2.45) is 0 Å². The van der Waals surface area contributed by atoms with Crippen LogP contribution in [0.2, 0.25) is 0 Å². The zero-order chi connectivity index (χ0) is 25.7. The molecule has 0 aliphatic carbocycles. The number of ether oxygens (including phenoxy) is 10. The lowest BCUT2D eigenvalue weighted by molar-refractivity contribution is -0.155. The van der Waals surface area contributed by atoms with Crippen LogP contribution in [0.15, 0.2) is 0 Å². The Kier molecular flexibility index (Phi) is 28.5. The lowest BCUT2D eigenvalue weighted by Crippen LogP contribution is -2.30. The van der Waals surface area contributed by atoms with Crippen molar-refractivity contribution in [1.82, 2.24) is 0 Å². The smallest absolute Gasteiger partial charge is 0.335 e. The van der Waals surface area contributed by atoms with E-state index >= 15 is 0 Å². The van der Waals surface area contributed by atoms with Gasteiger partial charge in [-0.05, 0) is 12.8 Å². The second kappa shape index (κ2) is 29.3. The Hall–Kier alpha value is -0.930. The van der Waals surface area contributed by atoms with Crippen molar-refractivity contribution in [2.45, 2.75) is 18.9 Å². The minimum Gasteiger partial charge on any atom is -0.479 e. The van der Waals surface area contributed by atoms with Crippen LogP contribution < -0.4 is 0 Å². The molecule has 12 nitrogen and oxygen atoms in total. The Balaban J connectivity index is 3.40. The summed E-state index contributed by atoms with van der Waals surface area (Å²) >= 11 is 0. The molecule has 35 heavy (non-hydrogen) atoms. The maximum absolute atomic E-state index is 11.3. The summed E-state index contributed by atoms with van der Waals surface area (Å²) < 4.78 is 52.7. The van der Waals surface area contributed by atoms with E-state index in [1.807, 2.05) is 0 Å². The molecule has 0 aromatic rings. The minimum absolute atomic E-state index is 0.0112. The van der Waals surface area contributed by atoms with Crippen LogP contribution in [0.4, 0.5) is 0 Å². The van der Waals surface area contributed by atoms with Crippen molar-refractivity contribution in [2.75, 3.05) is 127 Å². The molecule has 0 saturated carbocycles. The Morgan fingerprint density at radius 1 is 0.514 bits per heavy atom. The fourth-order valence-corrected chi connectivity index (χ4v) is 2.40. The molecule has 210 valence electrons. The van der Waals surface area contributed by atoms with Crippen LogP contribution in [-0.4, -0.2) is 144 Å². The molecule has 0 rings (SSSR count). The first kappa shape index (κ1) is 34.1. The van der Waals surface area contributed by atoms with E-state index in [9.17, 15) is 9.90 Å². The molecule has 0 amide bonds. The third kappa shape index (κ3) is 27.5. The van der Waals surface area contributed by atoms with Crippen molar-refractivity contribution in [3.8, 4) is 0 Å². The zero-order valence-electron chi connectivity index (χ0n) is 21.5. The number of hydrogen-bond donors (Lipinski definition) is 1. The molecule has 0 aromatic carbocycles. The monoisotopic (exact) mass is 514 g/mol. The van der Waals surface area contributed by atoms with E-state index in [4.69, 9.17) is 47.4 Å². The molecule has 0 bridgehead atoms. The van der Waals surface area contributed by atoms with Gasteiger partial charge in [0.1, 0.15) is 0 Å². The van der Waals surface area contributed by atoms with Gasteiger partial charge in [0.25, 0.3) is 0 Å². The average Bonchev–Trinajstić information content (AvgIpc) is 2.85. The number of carboxylic acid groups (broad SMARTS) is 1. The third-order valence-electron chi connectivity index (χ3n) is 4.23. The number of rotatable bonds is 30. The molecule has 0 aliphatic heterocycles.